The van der Waals surface area contributed by atoms with Crippen molar-refractivity contribution in [2.75, 3.05) is 19.6 Å². The Kier molecular flexibility index (Phi) is 6.62. The van der Waals surface area contributed by atoms with Crippen LogP contribution in [0.2, 0.25) is 0 Å². The number of aromatic nitrogens is 2. The SMILES string of the molecule is CCCc1ncc(CN2CCCC(C3CN(C(C)=O)Cc4ccccc4O3)C2)cn1. The molecule has 0 radical (unpaired) electrons. The van der Waals surface area contributed by atoms with Crippen LogP contribution in [0.25, 0.3) is 0 Å². The Hall–Kier alpha value is -2.47. The molecule has 0 bridgehead atoms. The summed E-state index contributed by atoms with van der Waals surface area (Å²) in [5, 5.41) is 0. The predicted octanol–water partition coefficient (Wildman–Crippen LogP) is 3.45. The Balaban J connectivity index is 1.44. The maximum atomic E-state index is 12.2. The highest BCUT2D eigenvalue weighted by molar-refractivity contribution is 5.73. The van der Waals surface area contributed by atoms with Crippen LogP contribution in [0.4, 0.5) is 0 Å². The van der Waals surface area contributed by atoms with Crippen LogP contribution in [0.1, 0.15) is 50.1 Å². The van der Waals surface area contributed by atoms with Gasteiger partial charge in [0.05, 0.1) is 6.54 Å². The number of rotatable bonds is 5. The van der Waals surface area contributed by atoms with Gasteiger partial charge in [0.1, 0.15) is 17.7 Å². The van der Waals surface area contributed by atoms with E-state index < -0.39 is 0 Å². The lowest BCUT2D eigenvalue weighted by atomic mass is 9.91. The second kappa shape index (κ2) is 9.56. The number of ether oxygens (including phenoxy) is 1. The fourth-order valence-electron chi connectivity index (χ4n) is 4.53. The zero-order chi connectivity index (χ0) is 20.9. The number of aryl methyl sites for hydroxylation is 1. The maximum absolute atomic E-state index is 12.2. The minimum atomic E-state index is 0.0172. The van der Waals surface area contributed by atoms with E-state index in [0.29, 0.717) is 19.0 Å². The lowest BCUT2D eigenvalue weighted by Gasteiger charge is -2.37. The third-order valence-electron chi connectivity index (χ3n) is 6.16. The molecule has 1 amide bonds. The molecule has 4 rings (SSSR count). The number of piperidine rings is 1. The van der Waals surface area contributed by atoms with Crippen LogP contribution in [-0.4, -0.2) is 51.4 Å². The van der Waals surface area contributed by atoms with Gasteiger partial charge in [0.15, 0.2) is 0 Å². The van der Waals surface area contributed by atoms with Gasteiger partial charge in [-0.05, 0) is 31.9 Å². The minimum absolute atomic E-state index is 0.0172. The largest absolute Gasteiger partial charge is 0.488 e. The molecule has 2 unspecified atom stereocenters. The van der Waals surface area contributed by atoms with E-state index in [1.165, 1.54) is 0 Å². The monoisotopic (exact) mass is 408 g/mol. The van der Waals surface area contributed by atoms with Gasteiger partial charge in [-0.15, -0.1) is 0 Å². The van der Waals surface area contributed by atoms with Crippen molar-refractivity contribution in [3.63, 3.8) is 0 Å². The Morgan fingerprint density at radius 2 is 2.00 bits per heavy atom. The van der Waals surface area contributed by atoms with Crippen molar-refractivity contribution >= 4 is 5.91 Å². The van der Waals surface area contributed by atoms with Gasteiger partial charge in [0, 0.05) is 62.4 Å². The fraction of sp³-hybridized carbons (Fsp3) is 0.542. The minimum Gasteiger partial charge on any atom is -0.488 e. The molecule has 1 fully saturated rings. The lowest BCUT2D eigenvalue weighted by Crippen LogP contribution is -2.46. The zero-order valence-electron chi connectivity index (χ0n) is 18.1. The zero-order valence-corrected chi connectivity index (χ0v) is 18.1. The topological polar surface area (TPSA) is 58.6 Å². The average molecular weight is 409 g/mol. The molecule has 160 valence electrons. The molecule has 1 saturated heterocycles. The summed E-state index contributed by atoms with van der Waals surface area (Å²) in [7, 11) is 0. The van der Waals surface area contributed by atoms with Crippen LogP contribution >= 0.6 is 0 Å². The number of amides is 1. The van der Waals surface area contributed by atoms with Gasteiger partial charge >= 0.3 is 0 Å². The van der Waals surface area contributed by atoms with Crippen LogP contribution in [0.5, 0.6) is 5.75 Å². The molecule has 2 atom stereocenters. The molecule has 0 N–H and O–H groups in total. The van der Waals surface area contributed by atoms with E-state index in [1.54, 1.807) is 6.92 Å². The third-order valence-corrected chi connectivity index (χ3v) is 6.16. The van der Waals surface area contributed by atoms with Gasteiger partial charge in [0.2, 0.25) is 5.91 Å². The highest BCUT2D eigenvalue weighted by atomic mass is 16.5. The molecule has 2 aromatic rings. The van der Waals surface area contributed by atoms with E-state index in [9.17, 15) is 4.79 Å². The average Bonchev–Trinajstić information content (AvgIpc) is 2.96. The second-order valence-corrected chi connectivity index (χ2v) is 8.56. The number of benzene rings is 1. The fourth-order valence-corrected chi connectivity index (χ4v) is 4.53. The summed E-state index contributed by atoms with van der Waals surface area (Å²) < 4.78 is 6.47. The molecule has 2 aliphatic heterocycles. The number of carbonyl (C=O) groups is 1. The Bertz CT molecular complexity index is 855. The van der Waals surface area contributed by atoms with E-state index in [1.807, 2.05) is 35.5 Å². The molecule has 0 saturated carbocycles. The van der Waals surface area contributed by atoms with E-state index in [4.69, 9.17) is 4.74 Å². The molecular weight excluding hydrogens is 376 g/mol. The van der Waals surface area contributed by atoms with Crippen molar-refractivity contribution < 1.29 is 9.53 Å². The molecular formula is C24H32N4O2. The second-order valence-electron chi connectivity index (χ2n) is 8.56. The molecule has 6 nitrogen and oxygen atoms in total. The summed E-state index contributed by atoms with van der Waals surface area (Å²) in [5.41, 5.74) is 2.25. The molecule has 1 aromatic carbocycles. The first-order valence-electron chi connectivity index (χ1n) is 11.1. The number of carbonyl (C=O) groups excluding carboxylic acids is 1. The van der Waals surface area contributed by atoms with Gasteiger partial charge in [-0.2, -0.15) is 0 Å². The highest BCUT2D eigenvalue weighted by Crippen LogP contribution is 2.30. The Labute approximate surface area is 179 Å². The van der Waals surface area contributed by atoms with Gasteiger partial charge < -0.3 is 9.64 Å². The Morgan fingerprint density at radius 1 is 1.20 bits per heavy atom. The van der Waals surface area contributed by atoms with E-state index in [0.717, 1.165) is 68.0 Å². The molecule has 3 heterocycles. The standard InChI is InChI=1S/C24H32N4O2/c1-3-7-24-25-12-19(13-26-24)14-27-11-6-9-20(15-27)23-17-28(18(2)29)16-21-8-4-5-10-22(21)30-23/h4-5,8,10,12-13,20,23H,3,6-7,9,11,14-17H2,1-2H3. The normalized spacial score (nSPS) is 22.1. The summed E-state index contributed by atoms with van der Waals surface area (Å²) in [6.45, 7) is 7.98. The number of hydrogen-bond acceptors (Lipinski definition) is 5. The van der Waals surface area contributed by atoms with Crippen LogP contribution < -0.4 is 4.74 Å². The van der Waals surface area contributed by atoms with Gasteiger partial charge in [0.25, 0.3) is 0 Å². The van der Waals surface area contributed by atoms with E-state index in [2.05, 4.69) is 27.9 Å². The molecule has 0 spiro atoms. The van der Waals surface area contributed by atoms with Gasteiger partial charge in [-0.1, -0.05) is 25.1 Å². The molecule has 6 heteroatoms. The quantitative estimate of drug-likeness (QED) is 0.758. The number of fused-ring (bicyclic) bond motifs is 1. The van der Waals surface area contributed by atoms with Crippen molar-refractivity contribution in [2.45, 2.75) is 58.7 Å². The van der Waals surface area contributed by atoms with Crippen LogP contribution in [0.3, 0.4) is 0 Å². The molecule has 1 aromatic heterocycles. The van der Waals surface area contributed by atoms with E-state index >= 15 is 0 Å². The van der Waals surface area contributed by atoms with E-state index in [-0.39, 0.29) is 12.0 Å². The number of nitrogens with zero attached hydrogens (tertiary/aromatic N) is 4. The number of likely N-dealkylation sites (tertiary alicyclic amines) is 1. The van der Waals surface area contributed by atoms with Crippen molar-refractivity contribution in [3.05, 3.63) is 53.6 Å². The summed E-state index contributed by atoms with van der Waals surface area (Å²) >= 11 is 0. The first kappa shape index (κ1) is 20.8. The van der Waals surface area contributed by atoms with Crippen LogP contribution in [0.15, 0.2) is 36.7 Å². The molecule has 2 aliphatic rings. The number of hydrogen-bond donors (Lipinski definition) is 0. The van der Waals surface area contributed by atoms with Gasteiger partial charge in [-0.25, -0.2) is 9.97 Å². The van der Waals surface area contributed by atoms with Crippen LogP contribution in [0, 0.1) is 5.92 Å². The summed E-state index contributed by atoms with van der Waals surface area (Å²) in [4.78, 5) is 25.6. The maximum Gasteiger partial charge on any atom is 0.219 e. The van der Waals surface area contributed by atoms with Crippen molar-refractivity contribution in [3.8, 4) is 5.75 Å². The van der Waals surface area contributed by atoms with Gasteiger partial charge in [-0.3, -0.25) is 9.69 Å². The van der Waals surface area contributed by atoms with Crippen LogP contribution in [-0.2, 0) is 24.3 Å². The first-order valence-corrected chi connectivity index (χ1v) is 11.1. The van der Waals surface area contributed by atoms with Crippen molar-refractivity contribution in [1.29, 1.82) is 0 Å². The summed E-state index contributed by atoms with van der Waals surface area (Å²) in [6.07, 6.45) is 8.22. The lowest BCUT2D eigenvalue weighted by molar-refractivity contribution is -0.130. The predicted molar refractivity (Wildman–Crippen MR) is 116 cm³/mol. The van der Waals surface area contributed by atoms with Crippen molar-refractivity contribution in [2.24, 2.45) is 5.92 Å². The Morgan fingerprint density at radius 3 is 2.77 bits per heavy atom. The smallest absolute Gasteiger partial charge is 0.219 e. The molecule has 0 aliphatic carbocycles. The highest BCUT2D eigenvalue weighted by Gasteiger charge is 2.33. The summed E-state index contributed by atoms with van der Waals surface area (Å²) in [6, 6.07) is 8.11. The third kappa shape index (κ3) is 4.98. The molecule has 30 heavy (non-hydrogen) atoms. The first-order chi connectivity index (χ1) is 14.6. The van der Waals surface area contributed by atoms with Crippen molar-refractivity contribution in [1.82, 2.24) is 19.8 Å². The number of para-hydroxylation sites is 1. The summed E-state index contributed by atoms with van der Waals surface area (Å²) in [5.74, 6) is 2.35.